The number of likely N-dealkylation sites (N-methyl/N-ethyl adjacent to an activating group) is 1. The summed E-state index contributed by atoms with van der Waals surface area (Å²) in [5.41, 5.74) is 0. The average molecular weight is 394 g/mol. The minimum atomic E-state index is 0. The SMILES string of the molecule is CCCCCCCCCCCCCCCC[N+](C)(C)CCO.[Br-]. The van der Waals surface area contributed by atoms with Crippen molar-refractivity contribution in [1.82, 2.24) is 0 Å². The van der Waals surface area contributed by atoms with Crippen molar-refractivity contribution in [3.63, 3.8) is 0 Å². The van der Waals surface area contributed by atoms with Crippen molar-refractivity contribution in [2.75, 3.05) is 33.8 Å². The quantitative estimate of drug-likeness (QED) is 0.297. The Morgan fingerprint density at radius 1 is 0.565 bits per heavy atom. The van der Waals surface area contributed by atoms with Crippen LogP contribution in [0.15, 0.2) is 0 Å². The summed E-state index contributed by atoms with van der Waals surface area (Å²) in [7, 11) is 4.44. The molecule has 142 valence electrons. The average Bonchev–Trinajstić information content (AvgIpc) is 2.47. The molecule has 2 nitrogen and oxygen atoms in total. The molecule has 0 spiro atoms. The Morgan fingerprint density at radius 2 is 0.913 bits per heavy atom. The molecule has 0 bridgehead atoms. The van der Waals surface area contributed by atoms with Crippen LogP contribution in [0.4, 0.5) is 0 Å². The van der Waals surface area contributed by atoms with E-state index < -0.39 is 0 Å². The van der Waals surface area contributed by atoms with Crippen molar-refractivity contribution in [2.45, 2.75) is 96.8 Å². The molecule has 0 saturated carbocycles. The Balaban J connectivity index is 0. The lowest BCUT2D eigenvalue weighted by Gasteiger charge is -2.28. The maximum absolute atomic E-state index is 9.00. The van der Waals surface area contributed by atoms with Gasteiger partial charge >= 0.3 is 0 Å². The predicted molar refractivity (Wildman–Crippen MR) is 99.2 cm³/mol. The molecular formula is C20H44BrNO. The number of unbranched alkanes of at least 4 members (excludes halogenated alkanes) is 13. The highest BCUT2D eigenvalue weighted by Gasteiger charge is 2.12. The normalized spacial score (nSPS) is 11.5. The minimum absolute atomic E-state index is 0. The molecule has 23 heavy (non-hydrogen) atoms. The second kappa shape index (κ2) is 18.7. The second-order valence-electron chi connectivity index (χ2n) is 7.70. The zero-order valence-electron chi connectivity index (χ0n) is 16.3. The Bertz CT molecular complexity index is 222. The summed E-state index contributed by atoms with van der Waals surface area (Å²) in [5.74, 6) is 0. The third-order valence-electron chi connectivity index (χ3n) is 4.82. The molecule has 0 aliphatic heterocycles. The van der Waals surface area contributed by atoms with Crippen LogP contribution in [-0.2, 0) is 0 Å². The zero-order chi connectivity index (χ0) is 16.5. The zero-order valence-corrected chi connectivity index (χ0v) is 17.9. The van der Waals surface area contributed by atoms with Crippen molar-refractivity contribution in [2.24, 2.45) is 0 Å². The summed E-state index contributed by atoms with van der Waals surface area (Å²) in [4.78, 5) is 0. The van der Waals surface area contributed by atoms with Gasteiger partial charge in [0.05, 0.1) is 27.2 Å². The molecule has 0 aromatic rings. The molecule has 0 aliphatic rings. The van der Waals surface area contributed by atoms with E-state index in [4.69, 9.17) is 5.11 Å². The highest BCUT2D eigenvalue weighted by Crippen LogP contribution is 2.13. The van der Waals surface area contributed by atoms with Gasteiger partial charge in [-0.25, -0.2) is 0 Å². The topological polar surface area (TPSA) is 20.2 Å². The Labute approximate surface area is 157 Å². The molecule has 3 heteroatoms. The van der Waals surface area contributed by atoms with Gasteiger partial charge in [-0.05, 0) is 12.8 Å². The fraction of sp³-hybridized carbons (Fsp3) is 1.00. The van der Waals surface area contributed by atoms with Crippen molar-refractivity contribution in [1.29, 1.82) is 0 Å². The van der Waals surface area contributed by atoms with Crippen molar-refractivity contribution < 1.29 is 26.6 Å². The second-order valence-corrected chi connectivity index (χ2v) is 7.70. The van der Waals surface area contributed by atoms with Crippen LogP contribution in [-0.4, -0.2) is 43.4 Å². The lowest BCUT2D eigenvalue weighted by atomic mass is 10.0. The maximum Gasteiger partial charge on any atom is 0.102 e. The van der Waals surface area contributed by atoms with Gasteiger partial charge in [-0.3, -0.25) is 0 Å². The summed E-state index contributed by atoms with van der Waals surface area (Å²) in [6.07, 6.45) is 19.9. The summed E-state index contributed by atoms with van der Waals surface area (Å²) in [5, 5.41) is 9.00. The molecule has 0 atom stereocenters. The van der Waals surface area contributed by atoms with E-state index in [-0.39, 0.29) is 17.0 Å². The largest absolute Gasteiger partial charge is 1.00 e. The minimum Gasteiger partial charge on any atom is -1.00 e. The molecule has 1 N–H and O–H groups in total. The van der Waals surface area contributed by atoms with Gasteiger partial charge in [-0.2, -0.15) is 0 Å². The first-order valence-electron chi connectivity index (χ1n) is 10.1. The number of hydrogen-bond acceptors (Lipinski definition) is 1. The molecule has 0 saturated heterocycles. The molecule has 0 radical (unpaired) electrons. The first-order valence-corrected chi connectivity index (χ1v) is 10.1. The van der Waals surface area contributed by atoms with E-state index in [0.717, 1.165) is 11.0 Å². The van der Waals surface area contributed by atoms with E-state index in [2.05, 4.69) is 21.0 Å². The number of halogens is 1. The lowest BCUT2D eigenvalue weighted by Crippen LogP contribution is -3.00. The van der Waals surface area contributed by atoms with E-state index in [0.29, 0.717) is 6.61 Å². The highest BCUT2D eigenvalue weighted by atomic mass is 79.9. The van der Waals surface area contributed by atoms with Crippen LogP contribution in [0.25, 0.3) is 0 Å². The van der Waals surface area contributed by atoms with Gasteiger partial charge < -0.3 is 26.6 Å². The van der Waals surface area contributed by atoms with E-state index in [9.17, 15) is 0 Å². The van der Waals surface area contributed by atoms with E-state index in [1.165, 1.54) is 96.4 Å². The lowest BCUT2D eigenvalue weighted by molar-refractivity contribution is -0.890. The van der Waals surface area contributed by atoms with Crippen molar-refractivity contribution in [3.8, 4) is 0 Å². The maximum atomic E-state index is 9.00. The smallest absolute Gasteiger partial charge is 0.102 e. The Hall–Kier alpha value is 0.400. The van der Waals surface area contributed by atoms with Crippen LogP contribution < -0.4 is 17.0 Å². The summed E-state index contributed by atoms with van der Waals surface area (Å²) in [6.45, 7) is 4.69. The molecule has 0 rings (SSSR count). The number of rotatable bonds is 17. The third kappa shape index (κ3) is 20.4. The number of nitrogens with zero attached hydrogens (tertiary/aromatic N) is 1. The van der Waals surface area contributed by atoms with Crippen LogP contribution in [0.5, 0.6) is 0 Å². The van der Waals surface area contributed by atoms with Gasteiger partial charge in [0.2, 0.25) is 0 Å². The fourth-order valence-corrected chi connectivity index (χ4v) is 3.12. The van der Waals surface area contributed by atoms with Gasteiger partial charge in [-0.1, -0.05) is 84.0 Å². The first-order chi connectivity index (χ1) is 10.6. The number of quaternary nitrogens is 1. The monoisotopic (exact) mass is 393 g/mol. The van der Waals surface area contributed by atoms with Gasteiger partial charge in [0.15, 0.2) is 0 Å². The molecule has 0 heterocycles. The standard InChI is InChI=1S/C20H44NO.BrH/c1-4-5-6-7-8-9-10-11-12-13-14-15-16-17-18-21(2,3)19-20-22;/h22H,4-20H2,1-3H3;1H/q+1;/p-1. The molecule has 0 aliphatic carbocycles. The van der Waals surface area contributed by atoms with Gasteiger partial charge in [-0.15, -0.1) is 0 Å². The Morgan fingerprint density at radius 3 is 1.26 bits per heavy atom. The molecule has 0 fully saturated rings. The van der Waals surface area contributed by atoms with Crippen molar-refractivity contribution >= 4 is 0 Å². The van der Waals surface area contributed by atoms with Crippen LogP contribution in [0, 0.1) is 0 Å². The van der Waals surface area contributed by atoms with Gasteiger partial charge in [0.25, 0.3) is 0 Å². The van der Waals surface area contributed by atoms with Crippen LogP contribution in [0.1, 0.15) is 96.8 Å². The first kappa shape index (κ1) is 25.6. The van der Waals surface area contributed by atoms with Crippen LogP contribution in [0.2, 0.25) is 0 Å². The van der Waals surface area contributed by atoms with Gasteiger partial charge in [0.1, 0.15) is 6.54 Å². The van der Waals surface area contributed by atoms with Crippen LogP contribution in [0.3, 0.4) is 0 Å². The van der Waals surface area contributed by atoms with Crippen LogP contribution >= 0.6 is 0 Å². The van der Waals surface area contributed by atoms with Crippen molar-refractivity contribution in [3.05, 3.63) is 0 Å². The molecular weight excluding hydrogens is 350 g/mol. The summed E-state index contributed by atoms with van der Waals surface area (Å²) in [6, 6.07) is 0. The molecule has 0 aromatic heterocycles. The Kier molecular flexibility index (Phi) is 20.9. The summed E-state index contributed by atoms with van der Waals surface area (Å²) >= 11 is 0. The molecule has 0 unspecified atom stereocenters. The molecule has 0 aromatic carbocycles. The molecule has 0 amide bonds. The number of aliphatic hydroxyl groups is 1. The number of aliphatic hydroxyl groups excluding tert-OH is 1. The van der Waals surface area contributed by atoms with E-state index >= 15 is 0 Å². The van der Waals surface area contributed by atoms with E-state index in [1.54, 1.807) is 0 Å². The number of hydrogen-bond donors (Lipinski definition) is 1. The third-order valence-corrected chi connectivity index (χ3v) is 4.82. The van der Waals surface area contributed by atoms with E-state index in [1.807, 2.05) is 0 Å². The highest BCUT2D eigenvalue weighted by molar-refractivity contribution is 4.49. The summed E-state index contributed by atoms with van der Waals surface area (Å²) < 4.78 is 0.967. The predicted octanol–water partition coefficient (Wildman–Crippen LogP) is 2.54. The fourth-order valence-electron chi connectivity index (χ4n) is 3.12. The van der Waals surface area contributed by atoms with Gasteiger partial charge in [0, 0.05) is 0 Å².